The number of benzene rings is 1. The monoisotopic (exact) mass is 206 g/mol. The Labute approximate surface area is 88.7 Å². The third kappa shape index (κ3) is 1.69. The van der Waals surface area contributed by atoms with Gasteiger partial charge in [0.25, 0.3) is 0 Å². The Kier molecular flexibility index (Phi) is 2.39. The van der Waals surface area contributed by atoms with E-state index in [-0.39, 0.29) is 5.92 Å². The minimum absolute atomic E-state index is 0.0163. The Morgan fingerprint density at radius 3 is 3.00 bits per heavy atom. The number of fused-ring (bicyclic) bond motifs is 1. The van der Waals surface area contributed by atoms with E-state index in [2.05, 4.69) is 0 Å². The molecule has 0 radical (unpaired) electrons. The highest BCUT2D eigenvalue weighted by Crippen LogP contribution is 2.38. The van der Waals surface area contributed by atoms with Crippen LogP contribution in [-0.4, -0.2) is 17.7 Å². The maximum atomic E-state index is 10.9. The van der Waals surface area contributed by atoms with Gasteiger partial charge in [0.2, 0.25) is 0 Å². The van der Waals surface area contributed by atoms with Crippen molar-refractivity contribution in [3.63, 3.8) is 0 Å². The molecule has 0 aliphatic carbocycles. The van der Waals surface area contributed by atoms with Crippen LogP contribution in [0.1, 0.15) is 24.0 Å². The standard InChI is InChI=1S/C12H14O3/c1-7-3-4-11-9(5-7)10(6-15-11)8(2)12(13)14/h3-5,8,10H,6H2,1-2H3,(H,13,14). The number of carbonyl (C=O) groups is 1. The molecule has 80 valence electrons. The van der Waals surface area contributed by atoms with Crippen molar-refractivity contribution in [2.45, 2.75) is 19.8 Å². The topological polar surface area (TPSA) is 46.5 Å². The number of ether oxygens (including phenoxy) is 1. The Balaban J connectivity index is 2.35. The van der Waals surface area contributed by atoms with E-state index in [0.29, 0.717) is 6.61 Å². The fraction of sp³-hybridized carbons (Fsp3) is 0.417. The summed E-state index contributed by atoms with van der Waals surface area (Å²) in [5, 5.41) is 8.98. The maximum absolute atomic E-state index is 10.9. The van der Waals surface area contributed by atoms with Gasteiger partial charge < -0.3 is 9.84 Å². The highest BCUT2D eigenvalue weighted by molar-refractivity contribution is 5.71. The average Bonchev–Trinajstić information content (AvgIpc) is 2.59. The van der Waals surface area contributed by atoms with Gasteiger partial charge in [0.1, 0.15) is 5.75 Å². The second kappa shape index (κ2) is 3.57. The molecule has 2 atom stereocenters. The number of carboxylic acids is 1. The van der Waals surface area contributed by atoms with Crippen LogP contribution in [0.3, 0.4) is 0 Å². The first-order valence-electron chi connectivity index (χ1n) is 5.05. The second-order valence-corrected chi connectivity index (χ2v) is 4.09. The first kappa shape index (κ1) is 10.0. The van der Waals surface area contributed by atoms with Gasteiger partial charge in [0, 0.05) is 11.5 Å². The molecule has 1 aromatic rings. The van der Waals surface area contributed by atoms with Gasteiger partial charge in [-0.2, -0.15) is 0 Å². The number of hydrogen-bond acceptors (Lipinski definition) is 2. The summed E-state index contributed by atoms with van der Waals surface area (Å²) in [5.41, 5.74) is 2.17. The molecule has 0 amide bonds. The molecule has 0 spiro atoms. The lowest BCUT2D eigenvalue weighted by atomic mass is 9.88. The molecule has 1 N–H and O–H groups in total. The average molecular weight is 206 g/mol. The molecule has 1 heterocycles. The van der Waals surface area contributed by atoms with Crippen molar-refractivity contribution in [1.29, 1.82) is 0 Å². The minimum Gasteiger partial charge on any atom is -0.493 e. The molecule has 0 saturated carbocycles. The molecular formula is C12H14O3. The number of carboxylic acid groups (broad SMARTS) is 1. The van der Waals surface area contributed by atoms with E-state index in [9.17, 15) is 4.79 Å². The number of rotatable bonds is 2. The normalized spacial score (nSPS) is 20.5. The fourth-order valence-electron chi connectivity index (χ4n) is 1.94. The van der Waals surface area contributed by atoms with Crippen LogP contribution in [0.2, 0.25) is 0 Å². The predicted molar refractivity (Wildman–Crippen MR) is 56.2 cm³/mol. The summed E-state index contributed by atoms with van der Waals surface area (Å²) in [6, 6.07) is 5.92. The smallest absolute Gasteiger partial charge is 0.306 e. The van der Waals surface area contributed by atoms with Crippen LogP contribution < -0.4 is 4.74 Å². The second-order valence-electron chi connectivity index (χ2n) is 4.09. The molecule has 1 aliphatic heterocycles. The molecular weight excluding hydrogens is 192 g/mol. The van der Waals surface area contributed by atoms with Gasteiger partial charge in [0.15, 0.2) is 0 Å². The van der Waals surface area contributed by atoms with Crippen LogP contribution in [-0.2, 0) is 4.79 Å². The van der Waals surface area contributed by atoms with Crippen LogP contribution in [0.15, 0.2) is 18.2 Å². The van der Waals surface area contributed by atoms with Gasteiger partial charge in [-0.05, 0) is 13.0 Å². The van der Waals surface area contributed by atoms with E-state index in [1.165, 1.54) is 0 Å². The van der Waals surface area contributed by atoms with Crippen molar-refractivity contribution < 1.29 is 14.6 Å². The lowest BCUT2D eigenvalue weighted by Crippen LogP contribution is -2.20. The zero-order valence-electron chi connectivity index (χ0n) is 8.86. The van der Waals surface area contributed by atoms with Crippen LogP contribution >= 0.6 is 0 Å². The molecule has 0 aromatic heterocycles. The van der Waals surface area contributed by atoms with Crippen LogP contribution in [0.25, 0.3) is 0 Å². The Hall–Kier alpha value is -1.51. The lowest BCUT2D eigenvalue weighted by molar-refractivity contribution is -0.142. The van der Waals surface area contributed by atoms with Crippen LogP contribution in [0, 0.1) is 12.8 Å². The quantitative estimate of drug-likeness (QED) is 0.806. The van der Waals surface area contributed by atoms with Crippen LogP contribution in [0.5, 0.6) is 5.75 Å². The maximum Gasteiger partial charge on any atom is 0.306 e. The summed E-state index contributed by atoms with van der Waals surface area (Å²) >= 11 is 0. The van der Waals surface area contributed by atoms with Gasteiger partial charge in [0.05, 0.1) is 12.5 Å². The van der Waals surface area contributed by atoms with Crippen molar-refractivity contribution in [3.05, 3.63) is 29.3 Å². The van der Waals surface area contributed by atoms with E-state index in [1.54, 1.807) is 6.92 Å². The van der Waals surface area contributed by atoms with Crippen molar-refractivity contribution >= 4 is 5.97 Å². The molecule has 3 heteroatoms. The van der Waals surface area contributed by atoms with E-state index in [0.717, 1.165) is 16.9 Å². The van der Waals surface area contributed by atoms with Crippen molar-refractivity contribution in [3.8, 4) is 5.75 Å². The molecule has 2 unspecified atom stereocenters. The molecule has 15 heavy (non-hydrogen) atoms. The number of aliphatic carboxylic acids is 1. The zero-order valence-corrected chi connectivity index (χ0v) is 8.86. The van der Waals surface area contributed by atoms with E-state index >= 15 is 0 Å². The van der Waals surface area contributed by atoms with E-state index in [4.69, 9.17) is 9.84 Å². The highest BCUT2D eigenvalue weighted by atomic mass is 16.5. The molecule has 0 saturated heterocycles. The molecule has 0 fully saturated rings. The Bertz CT molecular complexity index is 398. The van der Waals surface area contributed by atoms with Crippen molar-refractivity contribution in [2.75, 3.05) is 6.61 Å². The number of aryl methyl sites for hydroxylation is 1. The van der Waals surface area contributed by atoms with Crippen molar-refractivity contribution in [1.82, 2.24) is 0 Å². The van der Waals surface area contributed by atoms with Gasteiger partial charge >= 0.3 is 5.97 Å². The summed E-state index contributed by atoms with van der Waals surface area (Å²) in [4.78, 5) is 10.9. The minimum atomic E-state index is -0.766. The zero-order chi connectivity index (χ0) is 11.0. The summed E-state index contributed by atoms with van der Waals surface area (Å²) in [6.07, 6.45) is 0. The predicted octanol–water partition coefficient (Wildman–Crippen LogP) is 2.19. The third-order valence-electron chi connectivity index (χ3n) is 2.98. The summed E-state index contributed by atoms with van der Waals surface area (Å²) < 4.78 is 5.47. The van der Waals surface area contributed by atoms with Gasteiger partial charge in [-0.1, -0.05) is 24.6 Å². The molecule has 2 rings (SSSR count). The van der Waals surface area contributed by atoms with E-state index < -0.39 is 11.9 Å². The first-order valence-corrected chi connectivity index (χ1v) is 5.05. The molecule has 3 nitrogen and oxygen atoms in total. The fourth-order valence-corrected chi connectivity index (χ4v) is 1.94. The van der Waals surface area contributed by atoms with Gasteiger partial charge in [-0.15, -0.1) is 0 Å². The highest BCUT2D eigenvalue weighted by Gasteiger charge is 2.32. The van der Waals surface area contributed by atoms with Gasteiger partial charge in [-0.3, -0.25) is 4.79 Å². The van der Waals surface area contributed by atoms with E-state index in [1.807, 2.05) is 25.1 Å². The Morgan fingerprint density at radius 1 is 1.60 bits per heavy atom. The SMILES string of the molecule is Cc1ccc2c(c1)C(C(C)C(=O)O)CO2. The largest absolute Gasteiger partial charge is 0.493 e. The first-order chi connectivity index (χ1) is 7.09. The number of hydrogen-bond donors (Lipinski definition) is 1. The lowest BCUT2D eigenvalue weighted by Gasteiger charge is -2.13. The van der Waals surface area contributed by atoms with Crippen LogP contribution in [0.4, 0.5) is 0 Å². The molecule has 1 aromatic carbocycles. The summed E-state index contributed by atoms with van der Waals surface area (Å²) in [7, 11) is 0. The third-order valence-corrected chi connectivity index (χ3v) is 2.98. The molecule has 0 bridgehead atoms. The summed E-state index contributed by atoms with van der Waals surface area (Å²) in [6.45, 7) is 4.21. The molecule has 1 aliphatic rings. The summed E-state index contributed by atoms with van der Waals surface area (Å²) in [5.74, 6) is -0.345. The van der Waals surface area contributed by atoms with Crippen molar-refractivity contribution in [2.24, 2.45) is 5.92 Å². The Morgan fingerprint density at radius 2 is 2.33 bits per heavy atom. The van der Waals surface area contributed by atoms with Gasteiger partial charge in [-0.25, -0.2) is 0 Å².